The summed E-state index contributed by atoms with van der Waals surface area (Å²) in [4.78, 5) is 15.5. The molecule has 5 heteroatoms. The number of pyridine rings is 1. The van der Waals surface area contributed by atoms with E-state index in [0.29, 0.717) is 5.65 Å². The van der Waals surface area contributed by atoms with Crippen LogP contribution in [-0.4, -0.2) is 27.7 Å². The highest BCUT2D eigenvalue weighted by Crippen LogP contribution is 2.19. The summed E-state index contributed by atoms with van der Waals surface area (Å²) >= 11 is 0. The average molecular weight is 220 g/mol. The minimum Gasteiger partial charge on any atom is -0.464 e. The van der Waals surface area contributed by atoms with Crippen LogP contribution < -0.4 is 0 Å². The van der Waals surface area contributed by atoms with E-state index in [1.807, 2.05) is 7.05 Å². The maximum atomic E-state index is 11.3. The van der Waals surface area contributed by atoms with Gasteiger partial charge in [0.05, 0.1) is 13.7 Å². The maximum absolute atomic E-state index is 11.3. The molecule has 0 spiro atoms. The van der Waals surface area contributed by atoms with Crippen LogP contribution in [0.15, 0.2) is 18.3 Å². The molecule has 16 heavy (non-hydrogen) atoms. The van der Waals surface area contributed by atoms with E-state index in [-0.39, 0.29) is 12.3 Å². The van der Waals surface area contributed by atoms with Crippen molar-refractivity contribution < 1.29 is 14.6 Å². The minimum atomic E-state index is -0.464. The van der Waals surface area contributed by atoms with Crippen molar-refractivity contribution in [3.8, 4) is 0 Å². The lowest BCUT2D eigenvalue weighted by atomic mass is 10.2. The van der Waals surface area contributed by atoms with Gasteiger partial charge in [0.15, 0.2) is 5.69 Å². The van der Waals surface area contributed by atoms with Gasteiger partial charge in [-0.2, -0.15) is 0 Å². The molecule has 0 atom stereocenters. The van der Waals surface area contributed by atoms with Gasteiger partial charge in [-0.25, -0.2) is 9.78 Å². The van der Waals surface area contributed by atoms with Gasteiger partial charge in [-0.3, -0.25) is 0 Å². The van der Waals surface area contributed by atoms with Crippen LogP contribution in [0.5, 0.6) is 0 Å². The van der Waals surface area contributed by atoms with Gasteiger partial charge in [0, 0.05) is 24.2 Å². The molecule has 0 saturated heterocycles. The third-order valence-electron chi connectivity index (χ3n) is 2.47. The van der Waals surface area contributed by atoms with Crippen LogP contribution in [0.2, 0.25) is 0 Å². The molecule has 0 aromatic carbocycles. The Kier molecular flexibility index (Phi) is 2.62. The number of esters is 1. The highest BCUT2D eigenvalue weighted by molar-refractivity contribution is 5.91. The van der Waals surface area contributed by atoms with Crippen LogP contribution in [-0.2, 0) is 18.4 Å². The fourth-order valence-corrected chi connectivity index (χ4v) is 1.68. The van der Waals surface area contributed by atoms with E-state index in [0.717, 1.165) is 10.9 Å². The molecule has 84 valence electrons. The molecule has 0 unspecified atom stereocenters. The normalized spacial score (nSPS) is 10.7. The van der Waals surface area contributed by atoms with Gasteiger partial charge in [-0.05, 0) is 12.1 Å². The second-order valence-corrected chi connectivity index (χ2v) is 3.48. The number of carbonyl (C=O) groups excluding carboxylic acids is 1. The van der Waals surface area contributed by atoms with Crippen molar-refractivity contribution in [2.24, 2.45) is 7.05 Å². The Morgan fingerprint density at radius 1 is 1.56 bits per heavy atom. The zero-order chi connectivity index (χ0) is 11.7. The molecular weight excluding hydrogens is 208 g/mol. The third-order valence-corrected chi connectivity index (χ3v) is 2.47. The van der Waals surface area contributed by atoms with Crippen LogP contribution in [0.4, 0.5) is 0 Å². The van der Waals surface area contributed by atoms with E-state index < -0.39 is 5.97 Å². The van der Waals surface area contributed by atoms with Crippen LogP contribution in [0.25, 0.3) is 11.0 Å². The number of fused-ring (bicyclic) bond motifs is 1. The van der Waals surface area contributed by atoms with Crippen molar-refractivity contribution >= 4 is 17.0 Å². The zero-order valence-corrected chi connectivity index (χ0v) is 9.10. The number of nitrogens with zero attached hydrogens (tertiary/aromatic N) is 2. The number of aromatic nitrogens is 2. The van der Waals surface area contributed by atoms with Crippen LogP contribution in [0, 0.1) is 0 Å². The molecule has 2 heterocycles. The first kappa shape index (κ1) is 10.6. The highest BCUT2D eigenvalue weighted by atomic mass is 16.5. The van der Waals surface area contributed by atoms with E-state index >= 15 is 0 Å². The van der Waals surface area contributed by atoms with Gasteiger partial charge in [0.2, 0.25) is 0 Å². The molecule has 0 fully saturated rings. The minimum absolute atomic E-state index is 0.0450. The van der Waals surface area contributed by atoms with Gasteiger partial charge in [-0.1, -0.05) is 0 Å². The molecule has 2 rings (SSSR count). The lowest BCUT2D eigenvalue weighted by Crippen LogP contribution is -2.04. The van der Waals surface area contributed by atoms with Gasteiger partial charge >= 0.3 is 5.97 Å². The molecule has 5 nitrogen and oxygen atoms in total. The van der Waals surface area contributed by atoms with Crippen molar-refractivity contribution in [2.75, 3.05) is 7.11 Å². The maximum Gasteiger partial charge on any atom is 0.356 e. The highest BCUT2D eigenvalue weighted by Gasteiger charge is 2.12. The number of carbonyl (C=O) groups is 1. The molecule has 0 saturated carbocycles. The first-order valence-corrected chi connectivity index (χ1v) is 4.81. The van der Waals surface area contributed by atoms with Gasteiger partial charge < -0.3 is 14.4 Å². The molecule has 0 aliphatic carbocycles. The average Bonchev–Trinajstić information content (AvgIpc) is 2.64. The number of aryl methyl sites for hydroxylation is 1. The molecule has 0 amide bonds. The summed E-state index contributed by atoms with van der Waals surface area (Å²) in [5.41, 5.74) is 1.72. The van der Waals surface area contributed by atoms with Crippen molar-refractivity contribution in [2.45, 2.75) is 6.61 Å². The summed E-state index contributed by atoms with van der Waals surface area (Å²) in [6.07, 6.45) is 1.79. The molecule has 0 radical (unpaired) electrons. The summed E-state index contributed by atoms with van der Waals surface area (Å²) in [5, 5.41) is 9.99. The smallest absolute Gasteiger partial charge is 0.356 e. The van der Waals surface area contributed by atoms with E-state index in [9.17, 15) is 4.79 Å². The van der Waals surface area contributed by atoms with Gasteiger partial charge in [-0.15, -0.1) is 0 Å². The molecule has 1 N–H and O–H groups in total. The Balaban J connectivity index is 2.62. The fraction of sp³-hybridized carbons (Fsp3) is 0.273. The van der Waals surface area contributed by atoms with Crippen LogP contribution in [0.3, 0.4) is 0 Å². The summed E-state index contributed by atoms with van der Waals surface area (Å²) < 4.78 is 6.37. The third kappa shape index (κ3) is 1.55. The number of aliphatic hydroxyl groups excluding tert-OH is 1. The number of hydrogen-bond donors (Lipinski definition) is 1. The SMILES string of the molecule is COC(=O)c1ccc2c(CO)cn(C)c2n1. The van der Waals surface area contributed by atoms with Crippen LogP contribution in [0.1, 0.15) is 16.1 Å². The van der Waals surface area contributed by atoms with E-state index in [4.69, 9.17) is 5.11 Å². The number of aliphatic hydroxyl groups is 1. The van der Waals surface area contributed by atoms with E-state index in [2.05, 4.69) is 9.72 Å². The Bertz CT molecular complexity index is 545. The van der Waals surface area contributed by atoms with Crippen molar-refractivity contribution in [1.82, 2.24) is 9.55 Å². The zero-order valence-electron chi connectivity index (χ0n) is 9.10. The van der Waals surface area contributed by atoms with Gasteiger partial charge in [0.1, 0.15) is 5.65 Å². The topological polar surface area (TPSA) is 64.3 Å². The molecule has 0 aliphatic heterocycles. The Morgan fingerprint density at radius 2 is 2.31 bits per heavy atom. The summed E-state index contributed by atoms with van der Waals surface area (Å²) in [6.45, 7) is -0.0450. The predicted octanol–water partition coefficient (Wildman–Crippen LogP) is 0.852. The Labute approximate surface area is 92.3 Å². The van der Waals surface area contributed by atoms with Crippen LogP contribution >= 0.6 is 0 Å². The number of hydrogen-bond acceptors (Lipinski definition) is 4. The van der Waals surface area contributed by atoms with Crippen molar-refractivity contribution in [3.05, 3.63) is 29.6 Å². The summed E-state index contributed by atoms with van der Waals surface area (Å²) in [6, 6.07) is 3.35. The predicted molar refractivity (Wildman–Crippen MR) is 58.0 cm³/mol. The lowest BCUT2D eigenvalue weighted by molar-refractivity contribution is 0.0594. The quantitative estimate of drug-likeness (QED) is 0.762. The Hall–Kier alpha value is -1.88. The lowest BCUT2D eigenvalue weighted by Gasteiger charge is -2.00. The van der Waals surface area contributed by atoms with E-state index in [1.165, 1.54) is 7.11 Å². The van der Waals surface area contributed by atoms with Crippen molar-refractivity contribution in [1.29, 1.82) is 0 Å². The molecule has 0 bridgehead atoms. The number of ether oxygens (including phenoxy) is 1. The summed E-state index contributed by atoms with van der Waals surface area (Å²) in [7, 11) is 3.13. The fourth-order valence-electron chi connectivity index (χ4n) is 1.68. The monoisotopic (exact) mass is 220 g/mol. The summed E-state index contributed by atoms with van der Waals surface area (Å²) in [5.74, 6) is -0.464. The van der Waals surface area contributed by atoms with Gasteiger partial charge in [0.25, 0.3) is 0 Å². The molecule has 0 aliphatic rings. The second-order valence-electron chi connectivity index (χ2n) is 3.48. The second kappa shape index (κ2) is 3.94. The number of methoxy groups -OCH3 is 1. The standard InChI is InChI=1S/C11H12N2O3/c1-13-5-7(6-14)8-3-4-9(11(15)16-2)12-10(8)13/h3-5,14H,6H2,1-2H3. The van der Waals surface area contributed by atoms with E-state index in [1.54, 1.807) is 22.9 Å². The largest absolute Gasteiger partial charge is 0.464 e. The van der Waals surface area contributed by atoms with Crippen molar-refractivity contribution in [3.63, 3.8) is 0 Å². The molecule has 2 aromatic heterocycles. The molecular formula is C11H12N2O3. The molecule has 2 aromatic rings. The Morgan fingerprint density at radius 3 is 2.94 bits per heavy atom. The number of rotatable bonds is 2. The first-order chi connectivity index (χ1) is 7.67. The first-order valence-electron chi connectivity index (χ1n) is 4.81.